The molecule has 0 amide bonds. The monoisotopic (exact) mass is 317 g/mol. The lowest BCUT2D eigenvalue weighted by atomic mass is 10.2. The Morgan fingerprint density at radius 2 is 2.05 bits per heavy atom. The molecule has 0 aliphatic rings. The molecular formula is C16H23N3SSi. The first-order valence-corrected chi connectivity index (χ1v) is 11.1. The molecule has 2 aromatic rings. The number of fused-ring (bicyclic) bond motifs is 1. The van der Waals surface area contributed by atoms with Crippen LogP contribution in [0.5, 0.6) is 0 Å². The Labute approximate surface area is 132 Å². The highest BCUT2D eigenvalue weighted by molar-refractivity contribution is 7.16. The smallest absolute Gasteiger partial charge is 0.138 e. The van der Waals surface area contributed by atoms with Crippen LogP contribution in [-0.4, -0.2) is 24.6 Å². The number of rotatable bonds is 3. The van der Waals surface area contributed by atoms with Crippen molar-refractivity contribution in [3.63, 3.8) is 0 Å². The van der Waals surface area contributed by atoms with Crippen molar-refractivity contribution in [3.05, 3.63) is 17.8 Å². The van der Waals surface area contributed by atoms with E-state index < -0.39 is 8.07 Å². The Hall–Kier alpha value is -1.38. The normalized spacial score (nSPS) is 12.0. The van der Waals surface area contributed by atoms with Gasteiger partial charge >= 0.3 is 0 Å². The summed E-state index contributed by atoms with van der Waals surface area (Å²) in [5.41, 5.74) is 3.54. The van der Waals surface area contributed by atoms with Crippen LogP contribution < -0.4 is 5.32 Å². The zero-order valence-electron chi connectivity index (χ0n) is 13.4. The number of hydrogen-bond acceptors (Lipinski definition) is 4. The standard InChI is InChI=1S/C16H23N3SSi/c1-16(2,3)21(4,5)11-7-6-9-17-14-13-8-10-20-15(13)19-12-18-14/h8,10,12H,6,9H2,1-5H3,(H,17,18,19). The van der Waals surface area contributed by atoms with Crippen molar-refractivity contribution in [2.24, 2.45) is 0 Å². The summed E-state index contributed by atoms with van der Waals surface area (Å²) in [6.07, 6.45) is 2.46. The van der Waals surface area contributed by atoms with E-state index in [1.54, 1.807) is 17.7 Å². The summed E-state index contributed by atoms with van der Waals surface area (Å²) in [7, 11) is -1.48. The summed E-state index contributed by atoms with van der Waals surface area (Å²) in [6.45, 7) is 12.4. The maximum absolute atomic E-state index is 4.31. The molecule has 0 fully saturated rings. The molecule has 2 aromatic heterocycles. The molecular weight excluding hydrogens is 294 g/mol. The molecule has 0 bridgehead atoms. The highest BCUT2D eigenvalue weighted by Gasteiger charge is 2.33. The number of hydrogen-bond donors (Lipinski definition) is 1. The van der Waals surface area contributed by atoms with E-state index in [-0.39, 0.29) is 0 Å². The summed E-state index contributed by atoms with van der Waals surface area (Å²) in [5.74, 6) is 4.27. The van der Waals surface area contributed by atoms with E-state index in [4.69, 9.17) is 0 Å². The number of thiophene rings is 1. The molecule has 0 radical (unpaired) electrons. The van der Waals surface area contributed by atoms with Crippen LogP contribution in [0.3, 0.4) is 0 Å². The van der Waals surface area contributed by atoms with E-state index in [1.165, 1.54) is 0 Å². The van der Waals surface area contributed by atoms with Crippen LogP contribution in [0.2, 0.25) is 18.1 Å². The minimum atomic E-state index is -1.48. The van der Waals surface area contributed by atoms with Gasteiger partial charge in [-0.1, -0.05) is 33.9 Å². The van der Waals surface area contributed by atoms with Gasteiger partial charge in [-0.15, -0.1) is 22.8 Å². The van der Waals surface area contributed by atoms with Gasteiger partial charge in [-0.25, -0.2) is 9.97 Å². The van der Waals surface area contributed by atoms with Crippen LogP contribution in [0.1, 0.15) is 27.2 Å². The Kier molecular flexibility index (Phi) is 4.69. The second-order valence-electron chi connectivity index (χ2n) is 6.72. The van der Waals surface area contributed by atoms with Gasteiger partial charge in [0.05, 0.1) is 5.39 Å². The summed E-state index contributed by atoms with van der Waals surface area (Å²) < 4.78 is 0. The number of nitrogens with zero attached hydrogens (tertiary/aromatic N) is 2. The lowest BCUT2D eigenvalue weighted by Crippen LogP contribution is -2.35. The van der Waals surface area contributed by atoms with Gasteiger partial charge in [0.1, 0.15) is 25.0 Å². The zero-order chi connectivity index (χ0) is 15.5. The van der Waals surface area contributed by atoms with Crippen molar-refractivity contribution in [1.29, 1.82) is 0 Å². The Bertz CT molecular complexity index is 674. The highest BCUT2D eigenvalue weighted by atomic mass is 32.1. The molecule has 0 saturated carbocycles. The van der Waals surface area contributed by atoms with Gasteiger partial charge in [0.25, 0.3) is 0 Å². The SMILES string of the molecule is CC(C)(C)[Si](C)(C)C#CCCNc1ncnc2sccc12. The predicted octanol–water partition coefficient (Wildman–Crippen LogP) is 4.54. The van der Waals surface area contributed by atoms with Crippen LogP contribution >= 0.6 is 11.3 Å². The average molecular weight is 318 g/mol. The van der Waals surface area contributed by atoms with Gasteiger partial charge in [0, 0.05) is 13.0 Å². The molecule has 2 rings (SSSR count). The summed E-state index contributed by atoms with van der Waals surface area (Å²) in [6, 6.07) is 2.06. The second-order valence-corrected chi connectivity index (χ2v) is 12.6. The topological polar surface area (TPSA) is 37.8 Å². The Morgan fingerprint density at radius 3 is 2.76 bits per heavy atom. The fourth-order valence-corrected chi connectivity index (χ4v) is 3.32. The molecule has 5 heteroatoms. The molecule has 0 aliphatic carbocycles. The van der Waals surface area contributed by atoms with Crippen molar-refractivity contribution < 1.29 is 0 Å². The lowest BCUT2D eigenvalue weighted by Gasteiger charge is -2.31. The summed E-state index contributed by atoms with van der Waals surface area (Å²) in [4.78, 5) is 9.59. The third kappa shape index (κ3) is 3.83. The average Bonchev–Trinajstić information content (AvgIpc) is 2.85. The minimum Gasteiger partial charge on any atom is -0.368 e. The van der Waals surface area contributed by atoms with E-state index >= 15 is 0 Å². The number of anilines is 1. The van der Waals surface area contributed by atoms with Crippen molar-refractivity contribution in [1.82, 2.24) is 9.97 Å². The van der Waals surface area contributed by atoms with Crippen LogP contribution in [0.4, 0.5) is 5.82 Å². The molecule has 3 nitrogen and oxygen atoms in total. The fourth-order valence-electron chi connectivity index (χ4n) is 1.65. The van der Waals surface area contributed by atoms with E-state index in [1.807, 2.05) is 5.38 Å². The number of nitrogens with one attached hydrogen (secondary N) is 1. The van der Waals surface area contributed by atoms with E-state index in [0.29, 0.717) is 5.04 Å². The van der Waals surface area contributed by atoms with Crippen molar-refractivity contribution >= 4 is 35.4 Å². The summed E-state index contributed by atoms with van der Waals surface area (Å²) in [5, 5.41) is 6.83. The summed E-state index contributed by atoms with van der Waals surface area (Å²) >= 11 is 1.64. The Morgan fingerprint density at radius 1 is 1.29 bits per heavy atom. The van der Waals surface area contributed by atoms with Gasteiger partial charge in [-0.3, -0.25) is 0 Å². The highest BCUT2D eigenvalue weighted by Crippen LogP contribution is 2.35. The van der Waals surface area contributed by atoms with Crippen molar-refractivity contribution in [2.75, 3.05) is 11.9 Å². The van der Waals surface area contributed by atoms with Gasteiger partial charge in [-0.05, 0) is 16.5 Å². The molecule has 2 heterocycles. The lowest BCUT2D eigenvalue weighted by molar-refractivity contribution is 0.731. The molecule has 0 aromatic carbocycles. The van der Waals surface area contributed by atoms with Gasteiger partial charge in [0.2, 0.25) is 0 Å². The first kappa shape index (κ1) is 16.0. The largest absolute Gasteiger partial charge is 0.368 e. The van der Waals surface area contributed by atoms with Gasteiger partial charge in [-0.2, -0.15) is 0 Å². The quantitative estimate of drug-likeness (QED) is 0.513. The molecule has 0 unspecified atom stereocenters. The molecule has 0 aliphatic heterocycles. The second kappa shape index (κ2) is 6.16. The third-order valence-electron chi connectivity index (χ3n) is 4.08. The maximum Gasteiger partial charge on any atom is 0.138 e. The van der Waals surface area contributed by atoms with E-state index in [2.05, 4.69) is 66.7 Å². The molecule has 21 heavy (non-hydrogen) atoms. The molecule has 1 N–H and O–H groups in total. The zero-order valence-corrected chi connectivity index (χ0v) is 15.3. The van der Waals surface area contributed by atoms with Crippen LogP contribution in [0, 0.1) is 11.5 Å². The van der Waals surface area contributed by atoms with Crippen LogP contribution in [0.25, 0.3) is 10.2 Å². The first-order valence-electron chi connectivity index (χ1n) is 7.23. The van der Waals surface area contributed by atoms with E-state index in [0.717, 1.165) is 29.0 Å². The van der Waals surface area contributed by atoms with Crippen LogP contribution in [-0.2, 0) is 0 Å². The molecule has 0 spiro atoms. The fraction of sp³-hybridized carbons (Fsp3) is 0.500. The first-order chi connectivity index (χ1) is 9.81. The van der Waals surface area contributed by atoms with E-state index in [9.17, 15) is 0 Å². The molecule has 112 valence electrons. The predicted molar refractivity (Wildman–Crippen MR) is 95.5 cm³/mol. The number of aromatic nitrogens is 2. The van der Waals surface area contributed by atoms with Crippen molar-refractivity contribution in [2.45, 2.75) is 45.3 Å². The van der Waals surface area contributed by atoms with Crippen molar-refractivity contribution in [3.8, 4) is 11.5 Å². The van der Waals surface area contributed by atoms with Gasteiger partial charge in [0.15, 0.2) is 0 Å². The third-order valence-corrected chi connectivity index (χ3v) is 9.45. The van der Waals surface area contributed by atoms with Gasteiger partial charge < -0.3 is 5.32 Å². The minimum absolute atomic E-state index is 0.322. The molecule has 0 atom stereocenters. The Balaban J connectivity index is 1.93. The molecule has 0 saturated heterocycles. The maximum atomic E-state index is 4.31. The van der Waals surface area contributed by atoms with Crippen LogP contribution in [0.15, 0.2) is 17.8 Å².